The maximum absolute atomic E-state index is 14.1. The molecule has 1 saturated heterocycles. The molecule has 1 fully saturated rings. The van der Waals surface area contributed by atoms with Crippen molar-refractivity contribution in [2.45, 2.75) is 37.8 Å². The average molecular weight is 428 g/mol. The number of carbonyl (C=O) groups is 1. The van der Waals surface area contributed by atoms with Crippen LogP contribution < -0.4 is 5.56 Å². The van der Waals surface area contributed by atoms with E-state index in [-0.39, 0.29) is 11.5 Å². The number of pyridine rings is 1. The minimum atomic E-state index is -0.492. The molecule has 0 saturated carbocycles. The van der Waals surface area contributed by atoms with E-state index in [9.17, 15) is 9.59 Å². The van der Waals surface area contributed by atoms with Gasteiger partial charge in [0.1, 0.15) is 0 Å². The van der Waals surface area contributed by atoms with Crippen LogP contribution in [0.3, 0.4) is 0 Å². The second kappa shape index (κ2) is 8.75. The minimum Gasteiger partial charge on any atom is -0.337 e. The molecule has 0 bridgehead atoms. The monoisotopic (exact) mass is 427 g/mol. The average Bonchev–Trinajstić information content (AvgIpc) is 2.85. The van der Waals surface area contributed by atoms with E-state index < -0.39 is 5.41 Å². The van der Waals surface area contributed by atoms with Crippen LogP contribution in [0, 0.1) is 0 Å². The first-order valence-corrected chi connectivity index (χ1v) is 11.5. The van der Waals surface area contributed by atoms with Gasteiger partial charge < -0.3 is 9.88 Å². The Morgan fingerprint density at radius 1 is 0.906 bits per heavy atom. The molecule has 2 aromatic carbocycles. The van der Waals surface area contributed by atoms with Crippen molar-refractivity contribution in [2.75, 3.05) is 19.6 Å². The summed E-state index contributed by atoms with van der Waals surface area (Å²) < 4.78 is 0. The third-order valence-electron chi connectivity index (χ3n) is 7.10. The van der Waals surface area contributed by atoms with Crippen molar-refractivity contribution in [3.05, 3.63) is 106 Å². The number of H-pyrrole nitrogens is 1. The number of nitrogens with one attached hydrogen (secondary N) is 1. The molecule has 1 aromatic heterocycles. The lowest BCUT2D eigenvalue weighted by atomic mass is 9.71. The number of likely N-dealkylation sites (tertiary alicyclic amines) is 1. The van der Waals surface area contributed by atoms with E-state index in [0.717, 1.165) is 55.6 Å². The molecule has 2 aliphatic rings. The van der Waals surface area contributed by atoms with Gasteiger partial charge in [0.15, 0.2) is 0 Å². The Bertz CT molecular complexity index is 1130. The van der Waals surface area contributed by atoms with Crippen LogP contribution in [0.15, 0.2) is 77.7 Å². The zero-order valence-corrected chi connectivity index (χ0v) is 18.3. The van der Waals surface area contributed by atoms with Gasteiger partial charge in [-0.2, -0.15) is 0 Å². The molecule has 3 heterocycles. The first-order valence-electron chi connectivity index (χ1n) is 11.5. The van der Waals surface area contributed by atoms with Crippen LogP contribution in [0.2, 0.25) is 0 Å². The van der Waals surface area contributed by atoms with Crippen LogP contribution in [0.25, 0.3) is 0 Å². The van der Waals surface area contributed by atoms with E-state index in [1.54, 1.807) is 12.3 Å². The van der Waals surface area contributed by atoms with Gasteiger partial charge in [-0.15, -0.1) is 0 Å². The Kier molecular flexibility index (Phi) is 5.66. The Morgan fingerprint density at radius 3 is 2.31 bits per heavy atom. The summed E-state index contributed by atoms with van der Waals surface area (Å²) in [6.07, 6.45) is 4.14. The van der Waals surface area contributed by atoms with Crippen LogP contribution in [-0.2, 0) is 29.7 Å². The number of aromatic nitrogens is 1. The van der Waals surface area contributed by atoms with Gasteiger partial charge in [0.05, 0.1) is 5.41 Å². The molecule has 0 spiro atoms. The van der Waals surface area contributed by atoms with Gasteiger partial charge in [0, 0.05) is 31.9 Å². The quantitative estimate of drug-likeness (QED) is 0.694. The Hall–Kier alpha value is -3.18. The fourth-order valence-electron chi connectivity index (χ4n) is 5.26. The highest BCUT2D eigenvalue weighted by Crippen LogP contribution is 2.39. The summed E-state index contributed by atoms with van der Waals surface area (Å²) in [6, 6.07) is 22.5. The summed E-state index contributed by atoms with van der Waals surface area (Å²) in [6.45, 7) is 3.94. The van der Waals surface area contributed by atoms with Gasteiger partial charge in [0.25, 0.3) is 0 Å². The molecule has 1 amide bonds. The maximum atomic E-state index is 14.1. The second-order valence-electron chi connectivity index (χ2n) is 9.03. The summed E-state index contributed by atoms with van der Waals surface area (Å²) in [5.41, 5.74) is 3.98. The SMILES string of the molecule is O=C(N1CCc2cc(=O)[nH]cc2C1)C1(c2ccccc2)CCN(Cc2ccccc2)CC1. The number of hydrogen-bond acceptors (Lipinski definition) is 3. The fraction of sp³-hybridized carbons (Fsp3) is 0.333. The Labute approximate surface area is 188 Å². The Balaban J connectivity index is 1.38. The molecular weight excluding hydrogens is 398 g/mol. The highest BCUT2D eigenvalue weighted by molar-refractivity contribution is 5.88. The van der Waals surface area contributed by atoms with Crippen molar-refractivity contribution in [1.82, 2.24) is 14.8 Å². The predicted octanol–water partition coefficient (Wildman–Crippen LogP) is 3.49. The summed E-state index contributed by atoms with van der Waals surface area (Å²) in [7, 11) is 0. The number of carbonyl (C=O) groups excluding carboxylic acids is 1. The molecule has 164 valence electrons. The molecule has 0 aliphatic carbocycles. The lowest BCUT2D eigenvalue weighted by Crippen LogP contribution is -2.53. The molecule has 2 aliphatic heterocycles. The highest BCUT2D eigenvalue weighted by atomic mass is 16.2. The van der Waals surface area contributed by atoms with Crippen molar-refractivity contribution in [2.24, 2.45) is 0 Å². The minimum absolute atomic E-state index is 0.0740. The summed E-state index contributed by atoms with van der Waals surface area (Å²) in [5.74, 6) is 0.222. The number of amides is 1. The van der Waals surface area contributed by atoms with Gasteiger partial charge >= 0.3 is 0 Å². The van der Waals surface area contributed by atoms with E-state index in [4.69, 9.17) is 0 Å². The van der Waals surface area contributed by atoms with Gasteiger partial charge in [-0.1, -0.05) is 60.7 Å². The molecule has 1 N–H and O–H groups in total. The number of aromatic amines is 1. The number of fused-ring (bicyclic) bond motifs is 1. The summed E-state index contributed by atoms with van der Waals surface area (Å²) in [5, 5.41) is 0. The lowest BCUT2D eigenvalue weighted by Gasteiger charge is -2.44. The fourth-order valence-corrected chi connectivity index (χ4v) is 5.26. The van der Waals surface area contributed by atoms with Crippen molar-refractivity contribution in [1.29, 1.82) is 0 Å². The maximum Gasteiger partial charge on any atom is 0.248 e. The van der Waals surface area contributed by atoms with Gasteiger partial charge in [-0.05, 0) is 54.6 Å². The topological polar surface area (TPSA) is 56.4 Å². The van der Waals surface area contributed by atoms with Crippen LogP contribution in [0.5, 0.6) is 0 Å². The van der Waals surface area contributed by atoms with Gasteiger partial charge in [0.2, 0.25) is 11.5 Å². The van der Waals surface area contributed by atoms with Crippen LogP contribution >= 0.6 is 0 Å². The first kappa shape index (κ1) is 20.7. The molecule has 0 atom stereocenters. The van der Waals surface area contributed by atoms with Crippen molar-refractivity contribution < 1.29 is 4.79 Å². The molecule has 32 heavy (non-hydrogen) atoms. The van der Waals surface area contributed by atoms with Gasteiger partial charge in [-0.25, -0.2) is 0 Å². The molecule has 5 nitrogen and oxygen atoms in total. The largest absolute Gasteiger partial charge is 0.337 e. The predicted molar refractivity (Wildman–Crippen MR) is 125 cm³/mol. The number of piperidine rings is 1. The number of nitrogens with zero attached hydrogens (tertiary/aromatic N) is 2. The molecule has 5 heteroatoms. The summed E-state index contributed by atoms with van der Waals surface area (Å²) >= 11 is 0. The first-order chi connectivity index (χ1) is 15.6. The molecule has 3 aromatic rings. The van der Waals surface area contributed by atoms with E-state index in [2.05, 4.69) is 46.3 Å². The van der Waals surface area contributed by atoms with Crippen molar-refractivity contribution in [3.63, 3.8) is 0 Å². The van der Waals surface area contributed by atoms with Crippen molar-refractivity contribution >= 4 is 5.91 Å². The number of benzene rings is 2. The van der Waals surface area contributed by atoms with E-state index in [1.807, 2.05) is 29.2 Å². The third kappa shape index (κ3) is 4.00. The van der Waals surface area contributed by atoms with Crippen LogP contribution in [-0.4, -0.2) is 40.3 Å². The molecule has 0 unspecified atom stereocenters. The zero-order valence-electron chi connectivity index (χ0n) is 18.3. The van der Waals surface area contributed by atoms with E-state index in [0.29, 0.717) is 13.1 Å². The third-order valence-corrected chi connectivity index (χ3v) is 7.10. The highest BCUT2D eigenvalue weighted by Gasteiger charge is 2.45. The Morgan fingerprint density at radius 2 is 1.59 bits per heavy atom. The molecule has 0 radical (unpaired) electrons. The molecule has 5 rings (SSSR count). The second-order valence-corrected chi connectivity index (χ2v) is 9.03. The lowest BCUT2D eigenvalue weighted by molar-refractivity contribution is -0.140. The van der Waals surface area contributed by atoms with Crippen molar-refractivity contribution in [3.8, 4) is 0 Å². The van der Waals surface area contributed by atoms with E-state index >= 15 is 0 Å². The smallest absolute Gasteiger partial charge is 0.248 e. The number of hydrogen-bond donors (Lipinski definition) is 1. The van der Waals surface area contributed by atoms with Crippen LogP contribution in [0.1, 0.15) is 35.1 Å². The standard InChI is InChI=1S/C27H29N3O2/c31-25-17-22-11-14-30(20-23(22)18-28-25)26(32)27(24-9-5-2-6-10-24)12-15-29(16-13-27)19-21-7-3-1-4-8-21/h1-10,17-18H,11-16,19-20H2,(H,28,31). The van der Waals surface area contributed by atoms with Gasteiger partial charge in [-0.3, -0.25) is 14.5 Å². The number of rotatable bonds is 4. The van der Waals surface area contributed by atoms with Crippen LogP contribution in [0.4, 0.5) is 0 Å². The molecular formula is C27H29N3O2. The van der Waals surface area contributed by atoms with E-state index in [1.165, 1.54) is 5.56 Å². The normalized spacial score (nSPS) is 18.2. The summed E-state index contributed by atoms with van der Waals surface area (Å²) in [4.78, 5) is 32.9. The zero-order chi connectivity index (χ0) is 22.0.